The van der Waals surface area contributed by atoms with Crippen LogP contribution in [0.3, 0.4) is 0 Å². The Morgan fingerprint density at radius 1 is 1.30 bits per heavy atom. The number of nitrogens with zero attached hydrogens (tertiary/aromatic N) is 1. The fraction of sp³-hybridized carbons (Fsp3) is 0.176. The van der Waals surface area contributed by atoms with Gasteiger partial charge in [0.1, 0.15) is 5.75 Å². The minimum absolute atomic E-state index is 0.249. The van der Waals surface area contributed by atoms with Gasteiger partial charge < -0.3 is 4.74 Å². The van der Waals surface area contributed by atoms with Crippen LogP contribution in [0, 0.1) is 6.92 Å². The van der Waals surface area contributed by atoms with Gasteiger partial charge in [-0.3, -0.25) is 10.1 Å². The molecule has 0 fully saturated rings. The van der Waals surface area contributed by atoms with Gasteiger partial charge in [0, 0.05) is 5.02 Å². The number of aryl methyl sites for hydroxylation is 1. The SMILES string of the molecule is Cc1ccc2nc(NC(=O)C(C)Oc3cccc(Cl)c3)sc2c1. The van der Waals surface area contributed by atoms with Gasteiger partial charge in [0.05, 0.1) is 10.2 Å². The molecule has 3 aromatic rings. The molecule has 4 nitrogen and oxygen atoms in total. The number of thiazole rings is 1. The molecule has 0 saturated carbocycles. The zero-order chi connectivity index (χ0) is 16.4. The first-order valence-electron chi connectivity index (χ1n) is 7.11. The molecule has 2 aromatic carbocycles. The molecule has 1 atom stereocenters. The van der Waals surface area contributed by atoms with Crippen molar-refractivity contribution < 1.29 is 9.53 Å². The topological polar surface area (TPSA) is 51.2 Å². The number of aromatic nitrogens is 1. The molecule has 1 unspecified atom stereocenters. The Morgan fingerprint density at radius 2 is 2.13 bits per heavy atom. The number of hydrogen-bond donors (Lipinski definition) is 1. The van der Waals surface area contributed by atoms with Gasteiger partial charge in [-0.1, -0.05) is 35.1 Å². The summed E-state index contributed by atoms with van der Waals surface area (Å²) in [6.45, 7) is 3.71. The van der Waals surface area contributed by atoms with E-state index < -0.39 is 6.10 Å². The van der Waals surface area contributed by atoms with E-state index in [1.807, 2.05) is 19.1 Å². The zero-order valence-corrected chi connectivity index (χ0v) is 14.2. The lowest BCUT2D eigenvalue weighted by Crippen LogP contribution is -2.30. The second-order valence-electron chi connectivity index (χ2n) is 5.20. The number of benzene rings is 2. The van der Waals surface area contributed by atoms with Crippen molar-refractivity contribution in [2.45, 2.75) is 20.0 Å². The van der Waals surface area contributed by atoms with Crippen LogP contribution in [0.1, 0.15) is 12.5 Å². The fourth-order valence-corrected chi connectivity index (χ4v) is 3.24. The van der Waals surface area contributed by atoms with Gasteiger partial charge in [0.15, 0.2) is 11.2 Å². The van der Waals surface area contributed by atoms with E-state index in [1.54, 1.807) is 31.2 Å². The van der Waals surface area contributed by atoms with Crippen molar-refractivity contribution in [2.75, 3.05) is 5.32 Å². The van der Waals surface area contributed by atoms with Crippen LogP contribution in [0.15, 0.2) is 42.5 Å². The van der Waals surface area contributed by atoms with E-state index in [9.17, 15) is 4.79 Å². The summed E-state index contributed by atoms with van der Waals surface area (Å²) in [5.41, 5.74) is 2.04. The number of anilines is 1. The number of amides is 1. The van der Waals surface area contributed by atoms with E-state index in [-0.39, 0.29) is 5.91 Å². The highest BCUT2D eigenvalue weighted by Crippen LogP contribution is 2.27. The molecule has 3 rings (SSSR count). The van der Waals surface area contributed by atoms with Crippen LogP contribution in [-0.2, 0) is 4.79 Å². The molecular formula is C17H15ClN2O2S. The van der Waals surface area contributed by atoms with Crippen LogP contribution in [0.2, 0.25) is 5.02 Å². The standard InChI is InChI=1S/C17H15ClN2O2S/c1-10-6-7-14-15(8-10)23-17(19-14)20-16(21)11(2)22-13-5-3-4-12(18)9-13/h3-9,11H,1-2H3,(H,19,20,21). The largest absolute Gasteiger partial charge is 0.481 e. The Hall–Kier alpha value is -2.11. The van der Waals surface area contributed by atoms with E-state index in [4.69, 9.17) is 16.3 Å². The van der Waals surface area contributed by atoms with Gasteiger partial charge in [-0.2, -0.15) is 0 Å². The van der Waals surface area contributed by atoms with Crippen molar-refractivity contribution in [3.63, 3.8) is 0 Å². The average molecular weight is 347 g/mol. The number of fused-ring (bicyclic) bond motifs is 1. The number of hydrogen-bond acceptors (Lipinski definition) is 4. The van der Waals surface area contributed by atoms with Crippen LogP contribution in [0.4, 0.5) is 5.13 Å². The van der Waals surface area contributed by atoms with Crippen LogP contribution in [0.5, 0.6) is 5.75 Å². The van der Waals surface area contributed by atoms with E-state index in [0.29, 0.717) is 15.9 Å². The van der Waals surface area contributed by atoms with Crippen LogP contribution in [0.25, 0.3) is 10.2 Å². The summed E-state index contributed by atoms with van der Waals surface area (Å²) < 4.78 is 6.65. The van der Waals surface area contributed by atoms with Gasteiger partial charge in [0.2, 0.25) is 0 Å². The molecule has 0 spiro atoms. The second-order valence-corrected chi connectivity index (χ2v) is 6.66. The summed E-state index contributed by atoms with van der Waals surface area (Å²) in [4.78, 5) is 16.7. The van der Waals surface area contributed by atoms with E-state index in [1.165, 1.54) is 11.3 Å². The summed E-state index contributed by atoms with van der Waals surface area (Å²) in [7, 11) is 0. The molecule has 0 aliphatic rings. The smallest absolute Gasteiger partial charge is 0.266 e. The third kappa shape index (κ3) is 3.81. The summed E-state index contributed by atoms with van der Waals surface area (Å²) >= 11 is 7.35. The minimum Gasteiger partial charge on any atom is -0.481 e. The average Bonchev–Trinajstić information content (AvgIpc) is 2.88. The molecule has 0 aliphatic carbocycles. The van der Waals surface area contributed by atoms with Gasteiger partial charge in [-0.15, -0.1) is 0 Å². The van der Waals surface area contributed by atoms with Gasteiger partial charge in [0.25, 0.3) is 5.91 Å². The normalized spacial score (nSPS) is 12.1. The molecule has 6 heteroatoms. The van der Waals surface area contributed by atoms with Crippen molar-refractivity contribution in [3.05, 3.63) is 53.1 Å². The maximum atomic E-state index is 12.2. The molecule has 1 amide bonds. The molecule has 1 aromatic heterocycles. The fourth-order valence-electron chi connectivity index (χ4n) is 2.09. The molecule has 0 saturated heterocycles. The Balaban J connectivity index is 1.69. The number of halogens is 1. The lowest BCUT2D eigenvalue weighted by molar-refractivity contribution is -0.122. The minimum atomic E-state index is -0.651. The monoisotopic (exact) mass is 346 g/mol. The molecule has 1 heterocycles. The third-order valence-electron chi connectivity index (χ3n) is 3.25. The first-order valence-corrected chi connectivity index (χ1v) is 8.31. The van der Waals surface area contributed by atoms with Crippen molar-refractivity contribution in [3.8, 4) is 5.75 Å². The lowest BCUT2D eigenvalue weighted by atomic mass is 10.2. The third-order valence-corrected chi connectivity index (χ3v) is 4.42. The first-order chi connectivity index (χ1) is 11.0. The Labute approximate surface area is 143 Å². The molecule has 118 valence electrons. The van der Waals surface area contributed by atoms with Gasteiger partial charge in [-0.25, -0.2) is 4.98 Å². The highest BCUT2D eigenvalue weighted by atomic mass is 35.5. The lowest BCUT2D eigenvalue weighted by Gasteiger charge is -2.13. The van der Waals surface area contributed by atoms with E-state index >= 15 is 0 Å². The Kier molecular flexibility index (Phi) is 4.50. The number of carbonyl (C=O) groups excluding carboxylic acids is 1. The molecule has 23 heavy (non-hydrogen) atoms. The molecule has 1 N–H and O–H groups in total. The second kappa shape index (κ2) is 6.56. The molecule has 0 aliphatic heterocycles. The van der Waals surface area contributed by atoms with Crippen molar-refractivity contribution >= 4 is 44.2 Å². The highest BCUT2D eigenvalue weighted by molar-refractivity contribution is 7.22. The Morgan fingerprint density at radius 3 is 2.91 bits per heavy atom. The van der Waals surface area contributed by atoms with Gasteiger partial charge in [-0.05, 0) is 49.7 Å². The van der Waals surface area contributed by atoms with Crippen LogP contribution < -0.4 is 10.1 Å². The summed E-state index contributed by atoms with van der Waals surface area (Å²) in [5.74, 6) is 0.306. The zero-order valence-electron chi connectivity index (χ0n) is 12.7. The van der Waals surface area contributed by atoms with Crippen LogP contribution in [-0.4, -0.2) is 17.0 Å². The Bertz CT molecular complexity index is 863. The van der Waals surface area contributed by atoms with Crippen molar-refractivity contribution in [1.29, 1.82) is 0 Å². The van der Waals surface area contributed by atoms with E-state index in [0.717, 1.165) is 15.8 Å². The number of rotatable bonds is 4. The maximum absolute atomic E-state index is 12.2. The van der Waals surface area contributed by atoms with Crippen molar-refractivity contribution in [2.24, 2.45) is 0 Å². The van der Waals surface area contributed by atoms with Crippen LogP contribution >= 0.6 is 22.9 Å². The molecule has 0 radical (unpaired) electrons. The first kappa shape index (κ1) is 15.8. The predicted molar refractivity (Wildman–Crippen MR) is 94.5 cm³/mol. The van der Waals surface area contributed by atoms with Crippen molar-refractivity contribution in [1.82, 2.24) is 4.98 Å². The summed E-state index contributed by atoms with van der Waals surface area (Å²) in [6, 6.07) is 13.0. The highest BCUT2D eigenvalue weighted by Gasteiger charge is 2.17. The predicted octanol–water partition coefficient (Wildman–Crippen LogP) is 4.66. The number of ether oxygens (including phenoxy) is 1. The van der Waals surface area contributed by atoms with E-state index in [2.05, 4.69) is 16.4 Å². The molecule has 0 bridgehead atoms. The van der Waals surface area contributed by atoms with Gasteiger partial charge >= 0.3 is 0 Å². The number of carbonyl (C=O) groups is 1. The summed E-state index contributed by atoms with van der Waals surface area (Å²) in [6.07, 6.45) is -0.651. The molecular weight excluding hydrogens is 332 g/mol. The number of nitrogens with one attached hydrogen (secondary N) is 1. The maximum Gasteiger partial charge on any atom is 0.266 e. The quantitative estimate of drug-likeness (QED) is 0.747. The summed E-state index contributed by atoms with van der Waals surface area (Å²) in [5, 5.41) is 3.93.